The van der Waals surface area contributed by atoms with Crippen LogP contribution < -0.4 is 11.3 Å². The maximum atomic E-state index is 11.8. The third kappa shape index (κ3) is 5.49. The van der Waals surface area contributed by atoms with Crippen LogP contribution in [0.5, 0.6) is 0 Å². The van der Waals surface area contributed by atoms with E-state index in [1.54, 1.807) is 31.1 Å². The molecule has 1 aromatic rings. The number of rotatable bonds is 7. The lowest BCUT2D eigenvalue weighted by atomic mass is 10.2. The minimum Gasteiger partial charge on any atom is -0.348 e. The average molecular weight is 293 g/mol. The van der Waals surface area contributed by atoms with Gasteiger partial charge in [0.25, 0.3) is 5.91 Å². The molecule has 116 valence electrons. The summed E-state index contributed by atoms with van der Waals surface area (Å²) in [5.74, 6) is 4.72. The second-order valence-corrected chi connectivity index (χ2v) is 4.99. The quantitative estimate of drug-likeness (QED) is 0.419. The first-order valence-corrected chi connectivity index (χ1v) is 6.87. The first kappa shape index (κ1) is 17.1. The Hall–Kier alpha value is -1.99. The Morgan fingerprint density at radius 1 is 1.33 bits per heavy atom. The lowest BCUT2D eigenvalue weighted by Crippen LogP contribution is -2.37. The Balaban J connectivity index is 2.79. The highest BCUT2D eigenvalue weighted by molar-refractivity contribution is 5.91. The van der Waals surface area contributed by atoms with Gasteiger partial charge in [-0.1, -0.05) is 13.0 Å². The van der Waals surface area contributed by atoms with E-state index < -0.39 is 5.91 Å². The van der Waals surface area contributed by atoms with Gasteiger partial charge in [0.2, 0.25) is 5.91 Å². The minimum atomic E-state index is -0.428. The predicted molar refractivity (Wildman–Crippen MR) is 80.2 cm³/mol. The zero-order chi connectivity index (χ0) is 15.8. The first-order valence-electron chi connectivity index (χ1n) is 6.87. The molecule has 0 aliphatic carbocycles. The number of nitrogens with zero attached hydrogens (tertiary/aromatic N) is 3. The van der Waals surface area contributed by atoms with Gasteiger partial charge in [0.05, 0.1) is 12.2 Å². The van der Waals surface area contributed by atoms with Crippen molar-refractivity contribution in [2.24, 2.45) is 5.84 Å². The van der Waals surface area contributed by atoms with Gasteiger partial charge in [-0.3, -0.25) is 19.9 Å². The van der Waals surface area contributed by atoms with Crippen LogP contribution >= 0.6 is 0 Å². The van der Waals surface area contributed by atoms with Crippen molar-refractivity contribution >= 4 is 11.8 Å². The van der Waals surface area contributed by atoms with Gasteiger partial charge >= 0.3 is 0 Å². The monoisotopic (exact) mass is 293 g/mol. The van der Waals surface area contributed by atoms with E-state index in [0.717, 1.165) is 18.7 Å². The van der Waals surface area contributed by atoms with E-state index in [1.807, 2.05) is 11.0 Å². The van der Waals surface area contributed by atoms with Gasteiger partial charge in [-0.15, -0.1) is 0 Å². The summed E-state index contributed by atoms with van der Waals surface area (Å²) < 4.78 is 0. The molecule has 1 aromatic heterocycles. The van der Waals surface area contributed by atoms with Gasteiger partial charge < -0.3 is 4.90 Å². The molecule has 0 saturated carbocycles. The lowest BCUT2D eigenvalue weighted by molar-refractivity contribution is -0.130. The largest absolute Gasteiger partial charge is 0.348 e. The summed E-state index contributed by atoms with van der Waals surface area (Å²) in [6, 6.07) is 5.18. The molecular weight excluding hydrogens is 270 g/mol. The number of nitrogens with one attached hydrogen (secondary N) is 1. The standard InChI is InChI=1S/C14H23N5O2/c1-4-8-19(10-13(20)18(2)3)9-11-6-5-7-12(16-11)14(21)17-15/h5-7H,4,8-10,15H2,1-3H3,(H,17,21). The molecular formula is C14H23N5O2. The number of carbonyl (C=O) groups is 2. The van der Waals surface area contributed by atoms with Gasteiger partial charge in [0.1, 0.15) is 5.69 Å². The molecule has 0 aliphatic heterocycles. The number of amides is 2. The molecule has 0 spiro atoms. The number of hydrogen-bond donors (Lipinski definition) is 2. The van der Waals surface area contributed by atoms with Crippen molar-refractivity contribution in [2.75, 3.05) is 27.2 Å². The van der Waals surface area contributed by atoms with Crippen LogP contribution in [0, 0.1) is 0 Å². The summed E-state index contributed by atoms with van der Waals surface area (Å²) in [6.07, 6.45) is 0.934. The summed E-state index contributed by atoms with van der Waals surface area (Å²) in [5, 5.41) is 0. The molecule has 7 heteroatoms. The molecule has 0 unspecified atom stereocenters. The molecule has 1 rings (SSSR count). The summed E-state index contributed by atoms with van der Waals surface area (Å²) in [7, 11) is 3.47. The van der Waals surface area contributed by atoms with Crippen LogP contribution in [0.4, 0.5) is 0 Å². The van der Waals surface area contributed by atoms with Crippen molar-refractivity contribution in [3.8, 4) is 0 Å². The maximum absolute atomic E-state index is 11.8. The van der Waals surface area contributed by atoms with E-state index >= 15 is 0 Å². The summed E-state index contributed by atoms with van der Waals surface area (Å²) in [5.41, 5.74) is 3.06. The van der Waals surface area contributed by atoms with Gasteiger partial charge in [0.15, 0.2) is 0 Å². The normalized spacial score (nSPS) is 10.5. The number of carbonyl (C=O) groups excluding carboxylic acids is 2. The Kier molecular flexibility index (Phi) is 6.77. The fraction of sp³-hybridized carbons (Fsp3) is 0.500. The molecule has 1 heterocycles. The molecule has 0 radical (unpaired) electrons. The molecule has 0 saturated heterocycles. The predicted octanol–water partition coefficient (Wildman–Crippen LogP) is -0.0147. The number of nitrogens with two attached hydrogens (primary N) is 1. The van der Waals surface area contributed by atoms with Crippen molar-refractivity contribution in [3.05, 3.63) is 29.6 Å². The zero-order valence-electron chi connectivity index (χ0n) is 12.8. The summed E-state index contributed by atoms with van der Waals surface area (Å²) >= 11 is 0. The SMILES string of the molecule is CCCN(CC(=O)N(C)C)Cc1cccc(C(=O)NN)n1. The molecule has 0 atom stereocenters. The minimum absolute atomic E-state index is 0.0410. The van der Waals surface area contributed by atoms with Crippen LogP contribution in [-0.2, 0) is 11.3 Å². The number of hydrogen-bond acceptors (Lipinski definition) is 5. The van der Waals surface area contributed by atoms with E-state index in [2.05, 4.69) is 17.3 Å². The fourth-order valence-electron chi connectivity index (χ4n) is 1.86. The second-order valence-electron chi connectivity index (χ2n) is 4.99. The van der Waals surface area contributed by atoms with Crippen LogP contribution in [0.25, 0.3) is 0 Å². The Labute approximate surface area is 125 Å². The Bertz CT molecular complexity index is 490. The highest BCUT2D eigenvalue weighted by Gasteiger charge is 2.14. The molecule has 0 aromatic carbocycles. The van der Waals surface area contributed by atoms with E-state index in [0.29, 0.717) is 13.1 Å². The fourth-order valence-corrected chi connectivity index (χ4v) is 1.86. The van der Waals surface area contributed by atoms with Crippen molar-refractivity contribution in [1.82, 2.24) is 20.2 Å². The molecule has 0 aliphatic rings. The first-order chi connectivity index (χ1) is 9.97. The number of pyridine rings is 1. The highest BCUT2D eigenvalue weighted by atomic mass is 16.2. The van der Waals surface area contributed by atoms with Gasteiger partial charge in [-0.2, -0.15) is 0 Å². The lowest BCUT2D eigenvalue weighted by Gasteiger charge is -2.22. The molecule has 0 fully saturated rings. The molecule has 21 heavy (non-hydrogen) atoms. The van der Waals surface area contributed by atoms with Gasteiger partial charge in [0, 0.05) is 20.6 Å². The molecule has 0 bridgehead atoms. The van der Waals surface area contributed by atoms with Crippen LogP contribution in [0.1, 0.15) is 29.5 Å². The van der Waals surface area contributed by atoms with E-state index in [4.69, 9.17) is 5.84 Å². The van der Waals surface area contributed by atoms with Gasteiger partial charge in [-0.05, 0) is 25.1 Å². The molecule has 3 N–H and O–H groups in total. The number of likely N-dealkylation sites (N-methyl/N-ethyl adjacent to an activating group) is 1. The maximum Gasteiger partial charge on any atom is 0.283 e. The van der Waals surface area contributed by atoms with Crippen molar-refractivity contribution in [2.45, 2.75) is 19.9 Å². The van der Waals surface area contributed by atoms with Crippen molar-refractivity contribution < 1.29 is 9.59 Å². The molecule has 7 nitrogen and oxygen atoms in total. The van der Waals surface area contributed by atoms with Crippen molar-refractivity contribution in [3.63, 3.8) is 0 Å². The molecule has 2 amide bonds. The van der Waals surface area contributed by atoms with Crippen LogP contribution in [-0.4, -0.2) is 53.8 Å². The van der Waals surface area contributed by atoms with Crippen LogP contribution in [0.2, 0.25) is 0 Å². The number of aromatic nitrogens is 1. The Morgan fingerprint density at radius 2 is 2.05 bits per heavy atom. The number of nitrogen functional groups attached to an aromatic ring is 1. The van der Waals surface area contributed by atoms with Crippen LogP contribution in [0.3, 0.4) is 0 Å². The number of hydrazine groups is 1. The third-order valence-electron chi connectivity index (χ3n) is 2.95. The highest BCUT2D eigenvalue weighted by Crippen LogP contribution is 2.05. The zero-order valence-corrected chi connectivity index (χ0v) is 12.8. The smallest absolute Gasteiger partial charge is 0.283 e. The average Bonchev–Trinajstić information content (AvgIpc) is 2.46. The van der Waals surface area contributed by atoms with E-state index in [9.17, 15) is 9.59 Å². The van der Waals surface area contributed by atoms with Crippen molar-refractivity contribution in [1.29, 1.82) is 0 Å². The van der Waals surface area contributed by atoms with E-state index in [1.165, 1.54) is 0 Å². The van der Waals surface area contributed by atoms with Crippen LogP contribution in [0.15, 0.2) is 18.2 Å². The summed E-state index contributed by atoms with van der Waals surface area (Å²) in [6.45, 7) is 3.68. The third-order valence-corrected chi connectivity index (χ3v) is 2.95. The van der Waals surface area contributed by atoms with E-state index in [-0.39, 0.29) is 11.6 Å². The second kappa shape index (κ2) is 8.33. The summed E-state index contributed by atoms with van der Waals surface area (Å²) in [4.78, 5) is 31.1. The van der Waals surface area contributed by atoms with Gasteiger partial charge in [-0.25, -0.2) is 10.8 Å². The topological polar surface area (TPSA) is 91.6 Å². The Morgan fingerprint density at radius 3 is 2.62 bits per heavy atom.